The smallest absolute Gasteiger partial charge is 0.274 e. The molecule has 0 bridgehead atoms. The first kappa shape index (κ1) is 15.4. The number of aromatic nitrogens is 2. The number of amides is 1. The highest BCUT2D eigenvalue weighted by Crippen LogP contribution is 2.22. The molecule has 5 heteroatoms. The molecule has 1 atom stereocenters. The molecule has 0 aliphatic rings. The lowest BCUT2D eigenvalue weighted by atomic mass is 10.1. The SMILES string of the molecule is CC(c1ccc(Cl)cc1)N(C)C(=O)c1cnc2ccccc2n1. The Hall–Kier alpha value is -2.46. The summed E-state index contributed by atoms with van der Waals surface area (Å²) in [6.45, 7) is 1.97. The number of fused-ring (bicyclic) bond motifs is 1. The average Bonchev–Trinajstić information content (AvgIpc) is 2.60. The highest BCUT2D eigenvalue weighted by molar-refractivity contribution is 6.30. The zero-order valence-corrected chi connectivity index (χ0v) is 13.7. The number of hydrogen-bond acceptors (Lipinski definition) is 3. The van der Waals surface area contributed by atoms with Crippen LogP contribution in [0.5, 0.6) is 0 Å². The van der Waals surface area contributed by atoms with Gasteiger partial charge in [-0.1, -0.05) is 35.9 Å². The van der Waals surface area contributed by atoms with Crippen LogP contribution >= 0.6 is 11.6 Å². The van der Waals surface area contributed by atoms with Crippen molar-refractivity contribution < 1.29 is 4.79 Å². The largest absolute Gasteiger partial charge is 0.334 e. The third kappa shape index (κ3) is 3.17. The second-order valence-corrected chi connectivity index (χ2v) is 5.82. The van der Waals surface area contributed by atoms with E-state index in [2.05, 4.69) is 9.97 Å². The molecular formula is C18H16ClN3O. The van der Waals surface area contributed by atoms with Gasteiger partial charge in [0.25, 0.3) is 5.91 Å². The van der Waals surface area contributed by atoms with Crippen molar-refractivity contribution in [3.63, 3.8) is 0 Å². The number of rotatable bonds is 3. The minimum Gasteiger partial charge on any atom is -0.334 e. The number of para-hydroxylation sites is 2. The van der Waals surface area contributed by atoms with Crippen molar-refractivity contribution in [3.05, 3.63) is 71.0 Å². The number of benzene rings is 2. The zero-order valence-electron chi connectivity index (χ0n) is 12.9. The molecule has 2 aromatic carbocycles. The van der Waals surface area contributed by atoms with E-state index >= 15 is 0 Å². The second kappa shape index (κ2) is 6.34. The van der Waals surface area contributed by atoms with E-state index in [4.69, 9.17) is 11.6 Å². The van der Waals surface area contributed by atoms with Crippen LogP contribution in [0.3, 0.4) is 0 Å². The van der Waals surface area contributed by atoms with Crippen molar-refractivity contribution in [3.8, 4) is 0 Å². The van der Waals surface area contributed by atoms with Crippen LogP contribution in [0, 0.1) is 0 Å². The van der Waals surface area contributed by atoms with Gasteiger partial charge in [-0.3, -0.25) is 9.78 Å². The monoisotopic (exact) mass is 325 g/mol. The van der Waals surface area contributed by atoms with Gasteiger partial charge in [0, 0.05) is 12.1 Å². The lowest BCUT2D eigenvalue weighted by Crippen LogP contribution is -2.30. The summed E-state index contributed by atoms with van der Waals surface area (Å²) in [5, 5.41) is 0.676. The van der Waals surface area contributed by atoms with Crippen LogP contribution in [0.2, 0.25) is 5.02 Å². The molecule has 0 fully saturated rings. The van der Waals surface area contributed by atoms with Crippen molar-refractivity contribution in [1.29, 1.82) is 0 Å². The van der Waals surface area contributed by atoms with Gasteiger partial charge in [0.15, 0.2) is 0 Å². The maximum Gasteiger partial charge on any atom is 0.274 e. The first-order valence-corrected chi connectivity index (χ1v) is 7.68. The maximum atomic E-state index is 12.7. The Morgan fingerprint density at radius 1 is 1.09 bits per heavy atom. The van der Waals surface area contributed by atoms with Gasteiger partial charge >= 0.3 is 0 Å². The number of hydrogen-bond donors (Lipinski definition) is 0. The zero-order chi connectivity index (χ0) is 16.4. The standard InChI is InChI=1S/C18H16ClN3O/c1-12(13-7-9-14(19)10-8-13)22(2)18(23)17-11-20-15-5-3-4-6-16(15)21-17/h3-12H,1-2H3. The van der Waals surface area contributed by atoms with Gasteiger partial charge in [-0.25, -0.2) is 4.98 Å². The Balaban J connectivity index is 1.86. The molecule has 23 heavy (non-hydrogen) atoms. The number of carbonyl (C=O) groups is 1. The maximum absolute atomic E-state index is 12.7. The normalized spacial score (nSPS) is 12.1. The van der Waals surface area contributed by atoms with Crippen LogP contribution in [-0.4, -0.2) is 27.8 Å². The van der Waals surface area contributed by atoms with E-state index in [1.54, 1.807) is 11.9 Å². The highest BCUT2D eigenvalue weighted by Gasteiger charge is 2.20. The number of halogens is 1. The minimum absolute atomic E-state index is 0.0898. The van der Waals surface area contributed by atoms with Crippen molar-refractivity contribution >= 4 is 28.5 Å². The van der Waals surface area contributed by atoms with E-state index in [0.717, 1.165) is 11.1 Å². The van der Waals surface area contributed by atoms with Crippen LogP contribution in [0.4, 0.5) is 0 Å². The summed E-state index contributed by atoms with van der Waals surface area (Å²) in [6, 6.07) is 14.9. The molecule has 3 rings (SSSR count). The van der Waals surface area contributed by atoms with Gasteiger partial charge in [-0.05, 0) is 36.8 Å². The van der Waals surface area contributed by atoms with Gasteiger partial charge in [0.05, 0.1) is 23.3 Å². The summed E-state index contributed by atoms with van der Waals surface area (Å²) in [5.74, 6) is -0.161. The van der Waals surface area contributed by atoms with Gasteiger partial charge in [-0.2, -0.15) is 0 Å². The van der Waals surface area contributed by atoms with Crippen LogP contribution in [0.25, 0.3) is 11.0 Å². The third-order valence-electron chi connectivity index (χ3n) is 3.92. The molecule has 0 N–H and O–H groups in total. The Labute approximate surface area is 139 Å². The van der Waals surface area contributed by atoms with Crippen molar-refractivity contribution in [2.45, 2.75) is 13.0 Å². The fourth-order valence-corrected chi connectivity index (χ4v) is 2.51. The molecule has 0 radical (unpaired) electrons. The number of nitrogens with zero attached hydrogens (tertiary/aromatic N) is 3. The van der Waals surface area contributed by atoms with Gasteiger partial charge in [0.2, 0.25) is 0 Å². The van der Waals surface area contributed by atoms with Crippen molar-refractivity contribution in [1.82, 2.24) is 14.9 Å². The van der Waals surface area contributed by atoms with E-state index in [-0.39, 0.29) is 11.9 Å². The van der Waals surface area contributed by atoms with Crippen LogP contribution in [0.15, 0.2) is 54.7 Å². The molecule has 0 aliphatic heterocycles. The summed E-state index contributed by atoms with van der Waals surface area (Å²) in [5.41, 5.74) is 2.84. The van der Waals surface area contributed by atoms with Crippen LogP contribution in [-0.2, 0) is 0 Å². The highest BCUT2D eigenvalue weighted by atomic mass is 35.5. The van der Waals surface area contributed by atoms with Crippen molar-refractivity contribution in [2.24, 2.45) is 0 Å². The Kier molecular flexibility index (Phi) is 4.26. The molecule has 4 nitrogen and oxygen atoms in total. The molecule has 3 aromatic rings. The first-order valence-electron chi connectivity index (χ1n) is 7.30. The van der Waals surface area contributed by atoms with Gasteiger partial charge in [0.1, 0.15) is 5.69 Å². The van der Waals surface area contributed by atoms with Crippen LogP contribution in [0.1, 0.15) is 29.0 Å². The summed E-state index contributed by atoms with van der Waals surface area (Å²) < 4.78 is 0. The molecule has 1 heterocycles. The van der Waals surface area contributed by atoms with Crippen LogP contribution < -0.4 is 0 Å². The average molecular weight is 326 g/mol. The lowest BCUT2D eigenvalue weighted by molar-refractivity contribution is 0.0736. The second-order valence-electron chi connectivity index (χ2n) is 5.39. The molecule has 0 spiro atoms. The van der Waals surface area contributed by atoms with Gasteiger partial charge in [-0.15, -0.1) is 0 Å². The Morgan fingerprint density at radius 2 is 1.74 bits per heavy atom. The predicted molar refractivity (Wildman–Crippen MR) is 91.5 cm³/mol. The third-order valence-corrected chi connectivity index (χ3v) is 4.17. The Bertz CT molecular complexity index is 848. The number of carbonyl (C=O) groups excluding carboxylic acids is 1. The molecule has 0 saturated heterocycles. The molecule has 116 valence electrons. The molecule has 0 saturated carbocycles. The van der Waals surface area contributed by atoms with E-state index in [1.807, 2.05) is 55.5 Å². The fourth-order valence-electron chi connectivity index (χ4n) is 2.38. The molecule has 1 aromatic heterocycles. The minimum atomic E-state index is -0.161. The summed E-state index contributed by atoms with van der Waals surface area (Å²) in [4.78, 5) is 23.0. The van der Waals surface area contributed by atoms with E-state index in [0.29, 0.717) is 16.2 Å². The van der Waals surface area contributed by atoms with Crippen molar-refractivity contribution in [2.75, 3.05) is 7.05 Å². The molecule has 1 amide bonds. The molecular weight excluding hydrogens is 310 g/mol. The summed E-state index contributed by atoms with van der Waals surface area (Å²) >= 11 is 5.91. The van der Waals surface area contributed by atoms with Gasteiger partial charge < -0.3 is 4.90 Å². The van der Waals surface area contributed by atoms with E-state index in [1.165, 1.54) is 6.20 Å². The lowest BCUT2D eigenvalue weighted by Gasteiger charge is -2.25. The predicted octanol–water partition coefficient (Wildman–Crippen LogP) is 4.12. The van der Waals surface area contributed by atoms with E-state index in [9.17, 15) is 4.79 Å². The first-order chi connectivity index (χ1) is 11.1. The quantitative estimate of drug-likeness (QED) is 0.727. The topological polar surface area (TPSA) is 46.1 Å². The molecule has 0 aliphatic carbocycles. The summed E-state index contributed by atoms with van der Waals surface area (Å²) in [7, 11) is 1.76. The fraction of sp³-hybridized carbons (Fsp3) is 0.167. The van der Waals surface area contributed by atoms with E-state index < -0.39 is 0 Å². The molecule has 1 unspecified atom stereocenters. The Morgan fingerprint density at radius 3 is 2.43 bits per heavy atom. The summed E-state index contributed by atoms with van der Waals surface area (Å²) in [6.07, 6.45) is 1.52.